The number of nitrogens with one attached hydrogen (secondary N) is 1. The van der Waals surface area contributed by atoms with Crippen molar-refractivity contribution in [1.82, 2.24) is 5.32 Å². The summed E-state index contributed by atoms with van der Waals surface area (Å²) in [5.41, 5.74) is 0. The average Bonchev–Trinajstić information content (AvgIpc) is 2.93. The number of esters is 1. The monoisotopic (exact) mass is 211 g/mol. The zero-order chi connectivity index (χ0) is 11.1. The van der Waals surface area contributed by atoms with Gasteiger partial charge in [0, 0.05) is 18.7 Å². The van der Waals surface area contributed by atoms with Gasteiger partial charge in [-0.3, -0.25) is 0 Å². The maximum Gasteiger partial charge on any atom is 0.330 e. The molecule has 0 radical (unpaired) electrons. The van der Waals surface area contributed by atoms with E-state index in [1.165, 1.54) is 25.3 Å². The van der Waals surface area contributed by atoms with Gasteiger partial charge in [0.1, 0.15) is 0 Å². The molecule has 1 fully saturated rings. The molecule has 0 aliphatic heterocycles. The largest absolute Gasteiger partial charge is 0.463 e. The fourth-order valence-electron chi connectivity index (χ4n) is 1.75. The van der Waals surface area contributed by atoms with Crippen LogP contribution in [0.3, 0.4) is 0 Å². The molecule has 15 heavy (non-hydrogen) atoms. The van der Waals surface area contributed by atoms with Gasteiger partial charge in [-0.2, -0.15) is 0 Å². The van der Waals surface area contributed by atoms with Gasteiger partial charge in [-0.1, -0.05) is 19.4 Å². The third-order valence-corrected chi connectivity index (χ3v) is 2.62. The Morgan fingerprint density at radius 3 is 3.00 bits per heavy atom. The van der Waals surface area contributed by atoms with E-state index in [9.17, 15) is 4.79 Å². The summed E-state index contributed by atoms with van der Waals surface area (Å²) in [4.78, 5) is 10.9. The van der Waals surface area contributed by atoms with Crippen molar-refractivity contribution >= 4 is 5.97 Å². The molecule has 1 aliphatic carbocycles. The normalized spacial score (nSPS) is 24.4. The first-order chi connectivity index (χ1) is 7.27. The minimum Gasteiger partial charge on any atom is -0.463 e. The molecule has 1 rings (SSSR count). The maximum atomic E-state index is 10.9. The van der Waals surface area contributed by atoms with E-state index in [2.05, 4.69) is 12.2 Å². The maximum absolute atomic E-state index is 10.9. The fourth-order valence-corrected chi connectivity index (χ4v) is 1.75. The summed E-state index contributed by atoms with van der Waals surface area (Å²) < 4.78 is 4.77. The summed E-state index contributed by atoms with van der Waals surface area (Å²) in [5, 5.41) is 3.39. The Balaban J connectivity index is 2.00. The Labute approximate surface area is 91.9 Å². The van der Waals surface area contributed by atoms with Crippen LogP contribution in [-0.4, -0.2) is 25.2 Å². The Kier molecular flexibility index (Phi) is 5.40. The van der Waals surface area contributed by atoms with Crippen LogP contribution < -0.4 is 5.32 Å². The van der Waals surface area contributed by atoms with E-state index in [1.54, 1.807) is 0 Å². The lowest BCUT2D eigenvalue weighted by Gasteiger charge is -1.99. The molecule has 1 N–H and O–H groups in total. The first kappa shape index (κ1) is 12.2. The molecular weight excluding hydrogens is 190 g/mol. The van der Waals surface area contributed by atoms with Gasteiger partial charge in [0.15, 0.2) is 0 Å². The molecule has 2 unspecified atom stereocenters. The van der Waals surface area contributed by atoms with E-state index in [0.717, 1.165) is 12.5 Å². The van der Waals surface area contributed by atoms with Gasteiger partial charge in [-0.25, -0.2) is 4.79 Å². The van der Waals surface area contributed by atoms with E-state index >= 15 is 0 Å². The van der Waals surface area contributed by atoms with Gasteiger partial charge in [0.05, 0.1) is 6.61 Å². The summed E-state index contributed by atoms with van der Waals surface area (Å²) >= 11 is 0. The molecule has 3 heteroatoms. The van der Waals surface area contributed by atoms with E-state index in [0.29, 0.717) is 12.6 Å². The van der Waals surface area contributed by atoms with Crippen molar-refractivity contribution < 1.29 is 9.53 Å². The van der Waals surface area contributed by atoms with E-state index in [4.69, 9.17) is 4.74 Å². The fraction of sp³-hybridized carbons (Fsp3) is 0.750. The number of ether oxygens (including phenoxy) is 1. The second-order valence-corrected chi connectivity index (χ2v) is 3.95. The average molecular weight is 211 g/mol. The molecule has 0 bridgehead atoms. The topological polar surface area (TPSA) is 38.3 Å². The molecule has 0 aromatic heterocycles. The van der Waals surface area contributed by atoms with E-state index in [-0.39, 0.29) is 5.97 Å². The number of carbonyl (C=O) groups excluding carboxylic acids is 1. The summed E-state index contributed by atoms with van der Waals surface area (Å²) in [5.74, 6) is 0.617. The zero-order valence-corrected chi connectivity index (χ0v) is 9.66. The number of hydrogen-bond acceptors (Lipinski definition) is 3. The van der Waals surface area contributed by atoms with Crippen LogP contribution >= 0.6 is 0 Å². The molecule has 0 aromatic carbocycles. The molecule has 0 spiro atoms. The Morgan fingerprint density at radius 1 is 1.53 bits per heavy atom. The quantitative estimate of drug-likeness (QED) is 0.516. The van der Waals surface area contributed by atoms with Gasteiger partial charge in [-0.05, 0) is 25.7 Å². The standard InChI is InChI=1S/C12H21NO2/c1-3-6-10-9-11(10)13-8-5-7-12(14)15-4-2/h5,7,10-11,13H,3-4,6,8-9H2,1-2H3/b7-5+. The van der Waals surface area contributed by atoms with Crippen LogP contribution in [0.5, 0.6) is 0 Å². The minimum atomic E-state index is -0.250. The van der Waals surface area contributed by atoms with Crippen molar-refractivity contribution in [3.63, 3.8) is 0 Å². The third-order valence-electron chi connectivity index (χ3n) is 2.62. The van der Waals surface area contributed by atoms with Crippen LogP contribution in [0.4, 0.5) is 0 Å². The first-order valence-electron chi connectivity index (χ1n) is 5.84. The summed E-state index contributed by atoms with van der Waals surface area (Å²) in [6, 6.07) is 0.678. The van der Waals surface area contributed by atoms with Gasteiger partial charge in [0.25, 0.3) is 0 Å². The van der Waals surface area contributed by atoms with Crippen LogP contribution in [0, 0.1) is 5.92 Å². The van der Waals surface area contributed by atoms with Gasteiger partial charge < -0.3 is 10.1 Å². The molecule has 2 atom stereocenters. The second-order valence-electron chi connectivity index (χ2n) is 3.95. The molecular formula is C12H21NO2. The third kappa shape index (κ3) is 4.98. The summed E-state index contributed by atoms with van der Waals surface area (Å²) in [6.45, 7) is 5.24. The molecule has 3 nitrogen and oxygen atoms in total. The predicted octanol–water partition coefficient (Wildman–Crippen LogP) is 1.88. The van der Waals surface area contributed by atoms with Crippen molar-refractivity contribution in [3.05, 3.63) is 12.2 Å². The van der Waals surface area contributed by atoms with Gasteiger partial charge in [0.2, 0.25) is 0 Å². The van der Waals surface area contributed by atoms with E-state index < -0.39 is 0 Å². The lowest BCUT2D eigenvalue weighted by atomic mass is 10.2. The Morgan fingerprint density at radius 2 is 2.33 bits per heavy atom. The highest BCUT2D eigenvalue weighted by molar-refractivity contribution is 5.81. The highest BCUT2D eigenvalue weighted by atomic mass is 16.5. The van der Waals surface area contributed by atoms with Crippen molar-refractivity contribution in [1.29, 1.82) is 0 Å². The highest BCUT2D eigenvalue weighted by Crippen LogP contribution is 2.34. The predicted molar refractivity (Wildman–Crippen MR) is 60.6 cm³/mol. The molecule has 1 saturated carbocycles. The highest BCUT2D eigenvalue weighted by Gasteiger charge is 2.34. The lowest BCUT2D eigenvalue weighted by molar-refractivity contribution is -0.137. The SMILES string of the molecule is CCCC1CC1NC/C=C/C(=O)OCC. The zero-order valence-electron chi connectivity index (χ0n) is 9.66. The van der Waals surface area contributed by atoms with Crippen LogP contribution in [0.2, 0.25) is 0 Å². The number of rotatable bonds is 7. The Hall–Kier alpha value is -0.830. The first-order valence-corrected chi connectivity index (χ1v) is 5.84. The smallest absolute Gasteiger partial charge is 0.330 e. The molecule has 0 amide bonds. The van der Waals surface area contributed by atoms with Gasteiger partial charge in [-0.15, -0.1) is 0 Å². The molecule has 0 aromatic rings. The lowest BCUT2D eigenvalue weighted by Crippen LogP contribution is -2.18. The van der Waals surface area contributed by atoms with Crippen molar-refractivity contribution in [2.75, 3.05) is 13.2 Å². The van der Waals surface area contributed by atoms with Gasteiger partial charge >= 0.3 is 5.97 Å². The summed E-state index contributed by atoms with van der Waals surface area (Å²) in [6.07, 6.45) is 7.20. The molecule has 0 heterocycles. The van der Waals surface area contributed by atoms with Crippen LogP contribution in [0.25, 0.3) is 0 Å². The van der Waals surface area contributed by atoms with Crippen molar-refractivity contribution in [2.45, 2.75) is 39.2 Å². The molecule has 86 valence electrons. The van der Waals surface area contributed by atoms with E-state index in [1.807, 2.05) is 13.0 Å². The molecule has 1 aliphatic rings. The number of carbonyl (C=O) groups is 1. The minimum absolute atomic E-state index is 0.250. The van der Waals surface area contributed by atoms with Crippen LogP contribution in [0.1, 0.15) is 33.1 Å². The second kappa shape index (κ2) is 6.62. The van der Waals surface area contributed by atoms with Crippen molar-refractivity contribution in [2.24, 2.45) is 5.92 Å². The van der Waals surface area contributed by atoms with Crippen molar-refractivity contribution in [3.8, 4) is 0 Å². The molecule has 0 saturated heterocycles. The Bertz CT molecular complexity index is 226. The van der Waals surface area contributed by atoms with Crippen LogP contribution in [-0.2, 0) is 9.53 Å². The summed E-state index contributed by atoms with van der Waals surface area (Å²) in [7, 11) is 0. The van der Waals surface area contributed by atoms with Crippen LogP contribution in [0.15, 0.2) is 12.2 Å². The number of hydrogen-bond donors (Lipinski definition) is 1.